The minimum absolute atomic E-state index is 0.179. The zero-order chi connectivity index (χ0) is 11.1. The van der Waals surface area contributed by atoms with Crippen LogP contribution in [0.3, 0.4) is 0 Å². The third kappa shape index (κ3) is 4.61. The van der Waals surface area contributed by atoms with Gasteiger partial charge in [0.1, 0.15) is 10.8 Å². The standard InChI is InChI=1S/C9H9Cl2N3S/c1-2-4-15-5-3-12-8-7(10)6-13-9(11)14-8/h1,6H,3-5H2,(H,12,13,14). The first-order valence-corrected chi connectivity index (χ1v) is 6.08. The van der Waals surface area contributed by atoms with E-state index in [0.717, 1.165) is 12.3 Å². The molecular formula is C9H9Cl2N3S. The van der Waals surface area contributed by atoms with E-state index in [4.69, 9.17) is 29.6 Å². The van der Waals surface area contributed by atoms with Gasteiger partial charge in [0.05, 0.1) is 11.9 Å². The summed E-state index contributed by atoms with van der Waals surface area (Å²) in [5, 5.41) is 3.69. The fourth-order valence-electron chi connectivity index (χ4n) is 0.842. The van der Waals surface area contributed by atoms with Gasteiger partial charge in [-0.25, -0.2) is 4.98 Å². The number of nitrogens with zero attached hydrogens (tertiary/aromatic N) is 2. The van der Waals surface area contributed by atoms with Gasteiger partial charge >= 0.3 is 0 Å². The van der Waals surface area contributed by atoms with Crippen molar-refractivity contribution >= 4 is 40.8 Å². The van der Waals surface area contributed by atoms with Crippen molar-refractivity contribution in [1.29, 1.82) is 0 Å². The van der Waals surface area contributed by atoms with E-state index in [1.54, 1.807) is 11.8 Å². The largest absolute Gasteiger partial charge is 0.368 e. The van der Waals surface area contributed by atoms with Gasteiger partial charge in [0.2, 0.25) is 5.28 Å². The summed E-state index contributed by atoms with van der Waals surface area (Å²) < 4.78 is 0. The first-order chi connectivity index (χ1) is 7.24. The van der Waals surface area contributed by atoms with Crippen molar-refractivity contribution in [3.8, 4) is 12.3 Å². The topological polar surface area (TPSA) is 37.8 Å². The minimum Gasteiger partial charge on any atom is -0.368 e. The van der Waals surface area contributed by atoms with Crippen molar-refractivity contribution < 1.29 is 0 Å². The molecule has 0 unspecified atom stereocenters. The third-order valence-corrected chi connectivity index (χ3v) is 2.76. The highest BCUT2D eigenvalue weighted by atomic mass is 35.5. The second-order valence-electron chi connectivity index (χ2n) is 2.52. The van der Waals surface area contributed by atoms with Gasteiger partial charge in [0, 0.05) is 12.3 Å². The molecule has 0 aromatic carbocycles. The van der Waals surface area contributed by atoms with E-state index in [1.807, 2.05) is 0 Å². The molecular weight excluding hydrogens is 253 g/mol. The van der Waals surface area contributed by atoms with Gasteiger partial charge in [-0.2, -0.15) is 4.98 Å². The average Bonchev–Trinajstić information content (AvgIpc) is 2.23. The third-order valence-electron chi connectivity index (χ3n) is 1.44. The maximum atomic E-state index is 5.85. The van der Waals surface area contributed by atoms with Crippen LogP contribution in [0, 0.1) is 12.3 Å². The molecule has 0 aliphatic carbocycles. The van der Waals surface area contributed by atoms with E-state index in [2.05, 4.69) is 21.2 Å². The second-order valence-corrected chi connectivity index (χ2v) is 4.37. The number of anilines is 1. The fourth-order valence-corrected chi connectivity index (χ4v) is 1.64. The molecule has 0 radical (unpaired) electrons. The van der Waals surface area contributed by atoms with Crippen LogP contribution in [-0.4, -0.2) is 28.0 Å². The van der Waals surface area contributed by atoms with Crippen LogP contribution < -0.4 is 5.32 Å². The summed E-state index contributed by atoms with van der Waals surface area (Å²) in [5.41, 5.74) is 0. The lowest BCUT2D eigenvalue weighted by Crippen LogP contribution is -2.06. The fraction of sp³-hybridized carbons (Fsp3) is 0.333. The Labute approximate surface area is 103 Å². The first-order valence-electron chi connectivity index (χ1n) is 4.17. The van der Waals surface area contributed by atoms with Crippen LogP contribution in [-0.2, 0) is 0 Å². The van der Waals surface area contributed by atoms with E-state index in [1.165, 1.54) is 6.20 Å². The van der Waals surface area contributed by atoms with Gasteiger partial charge in [-0.1, -0.05) is 17.5 Å². The molecule has 1 aromatic rings. The van der Waals surface area contributed by atoms with Crippen LogP contribution >= 0.6 is 35.0 Å². The molecule has 1 heterocycles. The summed E-state index contributed by atoms with van der Waals surface area (Å²) in [6.07, 6.45) is 6.58. The Morgan fingerprint density at radius 3 is 3.07 bits per heavy atom. The van der Waals surface area contributed by atoms with Gasteiger partial charge in [-0.15, -0.1) is 18.2 Å². The van der Waals surface area contributed by atoms with Gasteiger partial charge in [-0.05, 0) is 11.6 Å². The number of halogens is 2. The van der Waals surface area contributed by atoms with Crippen molar-refractivity contribution in [3.63, 3.8) is 0 Å². The van der Waals surface area contributed by atoms with E-state index in [0.29, 0.717) is 16.6 Å². The maximum Gasteiger partial charge on any atom is 0.224 e. The Kier molecular flexibility index (Phi) is 5.62. The smallest absolute Gasteiger partial charge is 0.224 e. The summed E-state index contributed by atoms with van der Waals surface area (Å²) in [4.78, 5) is 7.70. The number of hydrogen-bond donors (Lipinski definition) is 1. The highest BCUT2D eigenvalue weighted by Gasteiger charge is 2.02. The summed E-state index contributed by atoms with van der Waals surface area (Å²) in [6.45, 7) is 0.736. The normalized spacial score (nSPS) is 9.67. The number of rotatable bonds is 5. The molecule has 0 fully saturated rings. The lowest BCUT2D eigenvalue weighted by molar-refractivity contribution is 1.12. The lowest BCUT2D eigenvalue weighted by atomic mass is 10.5. The van der Waals surface area contributed by atoms with Crippen molar-refractivity contribution in [1.82, 2.24) is 9.97 Å². The van der Waals surface area contributed by atoms with Crippen LogP contribution in [0.15, 0.2) is 6.20 Å². The van der Waals surface area contributed by atoms with Crippen molar-refractivity contribution in [3.05, 3.63) is 16.5 Å². The molecule has 0 aliphatic heterocycles. The molecule has 0 bridgehead atoms. The average molecular weight is 262 g/mol. The van der Waals surface area contributed by atoms with Crippen molar-refractivity contribution in [2.75, 3.05) is 23.4 Å². The second kappa shape index (κ2) is 6.78. The number of nitrogens with one attached hydrogen (secondary N) is 1. The molecule has 3 nitrogen and oxygen atoms in total. The molecule has 0 saturated carbocycles. The number of thioether (sulfide) groups is 1. The Morgan fingerprint density at radius 1 is 1.53 bits per heavy atom. The Hall–Kier alpha value is -0.630. The highest BCUT2D eigenvalue weighted by molar-refractivity contribution is 7.99. The number of aromatic nitrogens is 2. The zero-order valence-corrected chi connectivity index (χ0v) is 10.2. The van der Waals surface area contributed by atoms with Crippen molar-refractivity contribution in [2.45, 2.75) is 0 Å². The predicted molar refractivity (Wildman–Crippen MR) is 66.7 cm³/mol. The molecule has 15 heavy (non-hydrogen) atoms. The molecule has 1 rings (SSSR count). The van der Waals surface area contributed by atoms with Crippen LogP contribution in [0.2, 0.25) is 10.3 Å². The number of terminal acetylenes is 1. The van der Waals surface area contributed by atoms with Crippen LogP contribution in [0.5, 0.6) is 0 Å². The zero-order valence-electron chi connectivity index (χ0n) is 7.83. The monoisotopic (exact) mass is 261 g/mol. The minimum atomic E-state index is 0.179. The SMILES string of the molecule is C#CCSCCNc1nc(Cl)ncc1Cl. The summed E-state index contributed by atoms with van der Waals surface area (Å²) >= 11 is 13.1. The predicted octanol–water partition coefficient (Wildman–Crippen LogP) is 2.56. The Morgan fingerprint density at radius 2 is 2.33 bits per heavy atom. The molecule has 1 aromatic heterocycles. The summed E-state index contributed by atoms with van der Waals surface area (Å²) in [6, 6.07) is 0. The Bertz CT molecular complexity index is 365. The van der Waals surface area contributed by atoms with Gasteiger partial charge < -0.3 is 5.32 Å². The molecule has 0 aliphatic rings. The highest BCUT2D eigenvalue weighted by Crippen LogP contribution is 2.19. The number of hydrogen-bond acceptors (Lipinski definition) is 4. The van der Waals surface area contributed by atoms with E-state index < -0.39 is 0 Å². The molecule has 0 saturated heterocycles. The molecule has 0 spiro atoms. The van der Waals surface area contributed by atoms with Gasteiger partial charge in [0.15, 0.2) is 0 Å². The van der Waals surface area contributed by atoms with E-state index in [-0.39, 0.29) is 5.28 Å². The summed E-state index contributed by atoms with van der Waals surface area (Å²) in [7, 11) is 0. The Balaban J connectivity index is 2.37. The van der Waals surface area contributed by atoms with E-state index >= 15 is 0 Å². The van der Waals surface area contributed by atoms with E-state index in [9.17, 15) is 0 Å². The molecule has 1 N–H and O–H groups in total. The molecule has 6 heteroatoms. The van der Waals surface area contributed by atoms with Gasteiger partial charge in [-0.3, -0.25) is 0 Å². The quantitative estimate of drug-likeness (QED) is 0.502. The molecule has 0 amide bonds. The molecule has 0 atom stereocenters. The summed E-state index contributed by atoms with van der Waals surface area (Å²) in [5.74, 6) is 4.70. The molecule has 80 valence electrons. The maximum absolute atomic E-state index is 5.85. The first kappa shape index (κ1) is 12.4. The van der Waals surface area contributed by atoms with Crippen LogP contribution in [0.4, 0.5) is 5.82 Å². The van der Waals surface area contributed by atoms with Crippen molar-refractivity contribution in [2.24, 2.45) is 0 Å². The van der Waals surface area contributed by atoms with Crippen LogP contribution in [0.1, 0.15) is 0 Å². The van der Waals surface area contributed by atoms with Gasteiger partial charge in [0.25, 0.3) is 0 Å². The lowest BCUT2D eigenvalue weighted by Gasteiger charge is -2.05. The van der Waals surface area contributed by atoms with Crippen LogP contribution in [0.25, 0.3) is 0 Å².